The minimum atomic E-state index is 0.269. The molecular weight excluding hydrogens is 220 g/mol. The Labute approximate surface area is 112 Å². The predicted molar refractivity (Wildman–Crippen MR) is 81.3 cm³/mol. The van der Waals surface area contributed by atoms with E-state index in [9.17, 15) is 0 Å². The van der Waals surface area contributed by atoms with Crippen LogP contribution in [0.15, 0.2) is 18.2 Å². The average molecular weight is 248 g/mol. The first-order valence-electron chi connectivity index (χ1n) is 7.22. The van der Waals surface area contributed by atoms with E-state index in [0.29, 0.717) is 0 Å². The molecule has 0 aromatic heterocycles. The first-order valence-corrected chi connectivity index (χ1v) is 7.22. The molecule has 0 radical (unpaired) electrons. The Balaban J connectivity index is 3.01. The summed E-state index contributed by atoms with van der Waals surface area (Å²) in [7, 11) is 0. The summed E-state index contributed by atoms with van der Waals surface area (Å²) in [5.74, 6) is 0. The van der Waals surface area contributed by atoms with Crippen molar-refractivity contribution in [1.82, 2.24) is 0 Å². The third kappa shape index (κ3) is 4.02. The van der Waals surface area contributed by atoms with Crippen LogP contribution in [-0.4, -0.2) is 19.1 Å². The van der Waals surface area contributed by atoms with Gasteiger partial charge in [0.1, 0.15) is 0 Å². The summed E-state index contributed by atoms with van der Waals surface area (Å²) in [4.78, 5) is 2.46. The maximum atomic E-state index is 6.12. The van der Waals surface area contributed by atoms with Crippen molar-refractivity contribution in [2.24, 2.45) is 5.73 Å². The number of anilines is 1. The number of nitrogens with zero attached hydrogens (tertiary/aromatic N) is 1. The van der Waals surface area contributed by atoms with E-state index in [1.807, 2.05) is 0 Å². The van der Waals surface area contributed by atoms with Crippen LogP contribution in [-0.2, 0) is 6.42 Å². The van der Waals surface area contributed by atoms with Crippen molar-refractivity contribution in [2.75, 3.05) is 18.0 Å². The van der Waals surface area contributed by atoms with Gasteiger partial charge in [0, 0.05) is 24.8 Å². The lowest BCUT2D eigenvalue weighted by molar-refractivity contribution is 0.643. The van der Waals surface area contributed by atoms with Crippen molar-refractivity contribution in [3.8, 4) is 0 Å². The highest BCUT2D eigenvalue weighted by atomic mass is 15.1. The van der Waals surface area contributed by atoms with Gasteiger partial charge in [0.05, 0.1) is 0 Å². The van der Waals surface area contributed by atoms with E-state index < -0.39 is 0 Å². The molecule has 1 aromatic carbocycles. The molecule has 0 bridgehead atoms. The molecule has 0 amide bonds. The average Bonchev–Trinajstić information content (AvgIpc) is 2.36. The standard InChI is InChI=1S/C16H28N2/c1-5-10-18(7-3)16-9-8-13(4)11-14(16)12-15(17)6-2/h8-9,11,15H,5-7,10,12,17H2,1-4H3. The predicted octanol–water partition coefficient (Wildman–Crippen LogP) is 3.51. The number of hydrogen-bond acceptors (Lipinski definition) is 2. The second-order valence-corrected chi connectivity index (χ2v) is 5.08. The van der Waals surface area contributed by atoms with E-state index in [0.717, 1.165) is 25.9 Å². The Morgan fingerprint density at radius 1 is 1.22 bits per heavy atom. The van der Waals surface area contributed by atoms with Crippen molar-refractivity contribution in [3.63, 3.8) is 0 Å². The Morgan fingerprint density at radius 3 is 2.50 bits per heavy atom. The van der Waals surface area contributed by atoms with Crippen LogP contribution in [0.25, 0.3) is 0 Å². The van der Waals surface area contributed by atoms with Crippen molar-refractivity contribution >= 4 is 5.69 Å². The topological polar surface area (TPSA) is 29.3 Å². The van der Waals surface area contributed by atoms with Gasteiger partial charge in [-0.15, -0.1) is 0 Å². The molecule has 102 valence electrons. The summed E-state index contributed by atoms with van der Waals surface area (Å²) in [5, 5.41) is 0. The Kier molecular flexibility index (Phi) is 6.20. The first kappa shape index (κ1) is 15.0. The quantitative estimate of drug-likeness (QED) is 0.800. The van der Waals surface area contributed by atoms with Crippen LogP contribution >= 0.6 is 0 Å². The van der Waals surface area contributed by atoms with Crippen LogP contribution in [0.1, 0.15) is 44.7 Å². The van der Waals surface area contributed by atoms with Crippen LogP contribution in [0.3, 0.4) is 0 Å². The lowest BCUT2D eigenvalue weighted by atomic mass is 10.00. The van der Waals surface area contributed by atoms with E-state index in [2.05, 4.69) is 50.8 Å². The number of hydrogen-bond donors (Lipinski definition) is 1. The maximum absolute atomic E-state index is 6.12. The molecule has 0 saturated heterocycles. The molecule has 18 heavy (non-hydrogen) atoms. The van der Waals surface area contributed by atoms with Gasteiger partial charge in [-0.2, -0.15) is 0 Å². The molecule has 0 aliphatic heterocycles. The Bertz CT molecular complexity index is 360. The smallest absolute Gasteiger partial charge is 0.0399 e. The second-order valence-electron chi connectivity index (χ2n) is 5.08. The summed E-state index contributed by atoms with van der Waals surface area (Å²) in [6, 6.07) is 7.02. The summed E-state index contributed by atoms with van der Waals surface area (Å²) in [6.45, 7) is 10.9. The molecule has 1 unspecified atom stereocenters. The van der Waals surface area contributed by atoms with Gasteiger partial charge in [0.2, 0.25) is 0 Å². The molecule has 1 atom stereocenters. The van der Waals surface area contributed by atoms with E-state index >= 15 is 0 Å². The minimum absolute atomic E-state index is 0.269. The van der Waals surface area contributed by atoms with Crippen LogP contribution in [0, 0.1) is 6.92 Å². The van der Waals surface area contributed by atoms with Crippen LogP contribution < -0.4 is 10.6 Å². The van der Waals surface area contributed by atoms with Gasteiger partial charge < -0.3 is 10.6 Å². The Morgan fingerprint density at radius 2 is 1.94 bits per heavy atom. The molecule has 0 heterocycles. The van der Waals surface area contributed by atoms with Gasteiger partial charge in [0.25, 0.3) is 0 Å². The molecule has 1 rings (SSSR count). The maximum Gasteiger partial charge on any atom is 0.0399 e. The van der Waals surface area contributed by atoms with E-state index in [1.165, 1.54) is 23.2 Å². The van der Waals surface area contributed by atoms with Gasteiger partial charge in [-0.3, -0.25) is 0 Å². The fourth-order valence-corrected chi connectivity index (χ4v) is 2.33. The SMILES string of the molecule is CCCN(CC)c1ccc(C)cc1CC(N)CC. The van der Waals surface area contributed by atoms with E-state index in [1.54, 1.807) is 0 Å². The number of rotatable bonds is 7. The lowest BCUT2D eigenvalue weighted by Gasteiger charge is -2.26. The summed E-state index contributed by atoms with van der Waals surface area (Å²) < 4.78 is 0. The van der Waals surface area contributed by atoms with Gasteiger partial charge >= 0.3 is 0 Å². The Hall–Kier alpha value is -1.02. The van der Waals surface area contributed by atoms with Crippen LogP contribution in [0.2, 0.25) is 0 Å². The molecule has 0 spiro atoms. The lowest BCUT2D eigenvalue weighted by Crippen LogP contribution is -2.27. The van der Waals surface area contributed by atoms with Crippen LogP contribution in [0.4, 0.5) is 5.69 Å². The van der Waals surface area contributed by atoms with Crippen molar-refractivity contribution in [3.05, 3.63) is 29.3 Å². The molecule has 0 aliphatic rings. The first-order chi connectivity index (χ1) is 8.62. The van der Waals surface area contributed by atoms with E-state index in [4.69, 9.17) is 5.73 Å². The van der Waals surface area contributed by atoms with Gasteiger partial charge in [0.15, 0.2) is 0 Å². The van der Waals surface area contributed by atoms with Crippen LogP contribution in [0.5, 0.6) is 0 Å². The molecule has 0 fully saturated rings. The van der Waals surface area contributed by atoms with Gasteiger partial charge in [-0.05, 0) is 44.7 Å². The fraction of sp³-hybridized carbons (Fsp3) is 0.625. The highest BCUT2D eigenvalue weighted by Crippen LogP contribution is 2.23. The van der Waals surface area contributed by atoms with Crippen molar-refractivity contribution in [1.29, 1.82) is 0 Å². The largest absolute Gasteiger partial charge is 0.372 e. The molecular formula is C16H28N2. The summed E-state index contributed by atoms with van der Waals surface area (Å²) >= 11 is 0. The molecule has 1 aromatic rings. The highest BCUT2D eigenvalue weighted by Gasteiger charge is 2.11. The van der Waals surface area contributed by atoms with Gasteiger partial charge in [-0.1, -0.05) is 31.5 Å². The van der Waals surface area contributed by atoms with E-state index in [-0.39, 0.29) is 6.04 Å². The van der Waals surface area contributed by atoms with Crippen molar-refractivity contribution < 1.29 is 0 Å². The monoisotopic (exact) mass is 248 g/mol. The highest BCUT2D eigenvalue weighted by molar-refractivity contribution is 5.55. The molecule has 2 heteroatoms. The minimum Gasteiger partial charge on any atom is -0.372 e. The summed E-state index contributed by atoms with van der Waals surface area (Å²) in [6.07, 6.45) is 3.20. The normalized spacial score (nSPS) is 12.5. The zero-order chi connectivity index (χ0) is 13.5. The zero-order valence-electron chi connectivity index (χ0n) is 12.4. The summed E-state index contributed by atoms with van der Waals surface area (Å²) in [5.41, 5.74) is 10.2. The fourth-order valence-electron chi connectivity index (χ4n) is 2.33. The van der Waals surface area contributed by atoms with Crippen molar-refractivity contribution in [2.45, 2.75) is 53.0 Å². The zero-order valence-corrected chi connectivity index (χ0v) is 12.4. The third-order valence-electron chi connectivity index (χ3n) is 3.46. The number of benzene rings is 1. The number of nitrogens with two attached hydrogens (primary N) is 1. The second kappa shape index (κ2) is 7.42. The molecule has 2 N–H and O–H groups in total. The third-order valence-corrected chi connectivity index (χ3v) is 3.46. The van der Waals surface area contributed by atoms with Gasteiger partial charge in [-0.25, -0.2) is 0 Å². The molecule has 2 nitrogen and oxygen atoms in total. The number of aryl methyl sites for hydroxylation is 1. The molecule has 0 saturated carbocycles. The molecule has 0 aliphatic carbocycles.